The molecule has 3 aromatic rings. The van der Waals surface area contributed by atoms with Crippen molar-refractivity contribution >= 4 is 41.0 Å². The lowest BCUT2D eigenvalue weighted by Gasteiger charge is -2.18. The molecule has 0 fully saturated rings. The number of rotatable bonds is 4. The molecule has 140 valence electrons. The Morgan fingerprint density at radius 3 is 2.79 bits per heavy atom. The topological polar surface area (TPSA) is 64.1 Å². The summed E-state index contributed by atoms with van der Waals surface area (Å²) in [6.45, 7) is 2.17. The van der Waals surface area contributed by atoms with Crippen molar-refractivity contribution < 1.29 is 9.53 Å². The SMILES string of the molecule is Cc1cc(Sc2ncccn2)ccc1NC(=O)C1=Cc2cc(Cl)ccc2OC1. The predicted octanol–water partition coefficient (Wildman–Crippen LogP) is 5.00. The normalized spacial score (nSPS) is 12.6. The van der Waals surface area contributed by atoms with Gasteiger partial charge in [-0.05, 0) is 72.8 Å². The molecule has 1 aliphatic rings. The van der Waals surface area contributed by atoms with E-state index in [1.807, 2.05) is 31.2 Å². The van der Waals surface area contributed by atoms with Gasteiger partial charge in [-0.1, -0.05) is 11.6 Å². The third kappa shape index (κ3) is 4.18. The molecular weight excluding hydrogens is 394 g/mol. The fourth-order valence-corrected chi connectivity index (χ4v) is 3.76. The van der Waals surface area contributed by atoms with E-state index in [0.717, 1.165) is 27.5 Å². The second-order valence-electron chi connectivity index (χ2n) is 6.20. The molecule has 1 aliphatic heterocycles. The van der Waals surface area contributed by atoms with E-state index >= 15 is 0 Å². The Morgan fingerprint density at radius 2 is 2.00 bits per heavy atom. The average Bonchev–Trinajstić information content (AvgIpc) is 2.70. The first kappa shape index (κ1) is 18.5. The van der Waals surface area contributed by atoms with Gasteiger partial charge in [0.25, 0.3) is 5.91 Å². The highest BCUT2D eigenvalue weighted by Gasteiger charge is 2.18. The molecule has 0 radical (unpaired) electrons. The number of carbonyl (C=O) groups is 1. The molecule has 0 bridgehead atoms. The van der Waals surface area contributed by atoms with Crippen molar-refractivity contribution in [1.82, 2.24) is 9.97 Å². The van der Waals surface area contributed by atoms with Crippen LogP contribution in [0.2, 0.25) is 5.02 Å². The van der Waals surface area contributed by atoms with Crippen LogP contribution in [0.4, 0.5) is 5.69 Å². The minimum atomic E-state index is -0.194. The van der Waals surface area contributed by atoms with Gasteiger partial charge in [0.2, 0.25) is 0 Å². The highest BCUT2D eigenvalue weighted by atomic mass is 35.5. The maximum Gasteiger partial charge on any atom is 0.255 e. The highest BCUT2D eigenvalue weighted by Crippen LogP contribution is 2.31. The number of nitrogens with zero attached hydrogens (tertiary/aromatic N) is 2. The zero-order valence-corrected chi connectivity index (χ0v) is 16.6. The van der Waals surface area contributed by atoms with E-state index in [1.54, 1.807) is 36.7 Å². The molecule has 0 atom stereocenters. The van der Waals surface area contributed by atoms with Gasteiger partial charge in [-0.3, -0.25) is 4.79 Å². The molecular formula is C21H16ClN3O2S. The third-order valence-electron chi connectivity index (χ3n) is 4.17. The summed E-state index contributed by atoms with van der Waals surface area (Å²) in [6, 6.07) is 13.0. The second kappa shape index (κ2) is 8.04. The summed E-state index contributed by atoms with van der Waals surface area (Å²) in [5, 5.41) is 4.24. The Labute approximate surface area is 171 Å². The van der Waals surface area contributed by atoms with E-state index in [0.29, 0.717) is 15.8 Å². The smallest absolute Gasteiger partial charge is 0.255 e. The Kier molecular flexibility index (Phi) is 5.32. The first-order valence-corrected chi connectivity index (χ1v) is 9.78. The number of ether oxygens (including phenoxy) is 1. The van der Waals surface area contributed by atoms with E-state index in [4.69, 9.17) is 16.3 Å². The van der Waals surface area contributed by atoms with Gasteiger partial charge in [-0.15, -0.1) is 0 Å². The number of hydrogen-bond donors (Lipinski definition) is 1. The van der Waals surface area contributed by atoms with Crippen molar-refractivity contribution in [2.75, 3.05) is 11.9 Å². The number of aromatic nitrogens is 2. The third-order valence-corrected chi connectivity index (χ3v) is 5.29. The molecule has 2 aromatic carbocycles. The standard InChI is InChI=1S/C21H16ClN3O2S/c1-13-9-17(28-21-23-7-2-8-24-21)4-5-18(13)25-20(26)15-10-14-11-16(22)3-6-19(14)27-12-15/h2-11H,12H2,1H3,(H,25,26). The van der Waals surface area contributed by atoms with Crippen molar-refractivity contribution in [3.05, 3.63) is 76.6 Å². The van der Waals surface area contributed by atoms with Crippen molar-refractivity contribution in [3.8, 4) is 5.75 Å². The maximum atomic E-state index is 12.7. The van der Waals surface area contributed by atoms with E-state index in [-0.39, 0.29) is 12.5 Å². The summed E-state index contributed by atoms with van der Waals surface area (Å²) in [4.78, 5) is 22.1. The highest BCUT2D eigenvalue weighted by molar-refractivity contribution is 7.99. The van der Waals surface area contributed by atoms with Gasteiger partial charge in [-0.25, -0.2) is 9.97 Å². The number of carbonyl (C=O) groups excluding carboxylic acids is 1. The Balaban J connectivity index is 1.49. The van der Waals surface area contributed by atoms with Crippen LogP contribution in [0.25, 0.3) is 6.08 Å². The van der Waals surface area contributed by atoms with Crippen molar-refractivity contribution in [3.63, 3.8) is 0 Å². The number of aryl methyl sites for hydroxylation is 1. The molecule has 0 saturated heterocycles. The summed E-state index contributed by atoms with van der Waals surface area (Å²) in [5.74, 6) is 0.530. The number of amides is 1. The summed E-state index contributed by atoms with van der Waals surface area (Å²) >= 11 is 7.50. The summed E-state index contributed by atoms with van der Waals surface area (Å²) < 4.78 is 5.66. The number of hydrogen-bond acceptors (Lipinski definition) is 5. The molecule has 1 aromatic heterocycles. The lowest BCUT2D eigenvalue weighted by Crippen LogP contribution is -2.21. The van der Waals surface area contributed by atoms with Gasteiger partial charge in [0.05, 0.1) is 5.57 Å². The van der Waals surface area contributed by atoms with Gasteiger partial charge in [0.15, 0.2) is 5.16 Å². The molecule has 1 N–H and O–H groups in total. The lowest BCUT2D eigenvalue weighted by molar-refractivity contribution is -0.113. The molecule has 0 saturated carbocycles. The molecule has 7 heteroatoms. The number of nitrogens with one attached hydrogen (secondary N) is 1. The van der Waals surface area contributed by atoms with Gasteiger partial charge in [-0.2, -0.15) is 0 Å². The van der Waals surface area contributed by atoms with Crippen LogP contribution in [-0.2, 0) is 4.79 Å². The van der Waals surface area contributed by atoms with E-state index < -0.39 is 0 Å². The lowest BCUT2D eigenvalue weighted by atomic mass is 10.1. The molecule has 1 amide bonds. The summed E-state index contributed by atoms with van der Waals surface area (Å²) in [7, 11) is 0. The molecule has 0 unspecified atom stereocenters. The molecule has 2 heterocycles. The van der Waals surface area contributed by atoms with E-state index in [2.05, 4.69) is 15.3 Å². The predicted molar refractivity (Wildman–Crippen MR) is 111 cm³/mol. The van der Waals surface area contributed by atoms with Crippen LogP contribution in [0.5, 0.6) is 5.75 Å². The second-order valence-corrected chi connectivity index (χ2v) is 7.68. The average molecular weight is 410 g/mol. The minimum Gasteiger partial charge on any atom is -0.488 e. The molecule has 28 heavy (non-hydrogen) atoms. The van der Waals surface area contributed by atoms with Crippen LogP contribution in [-0.4, -0.2) is 22.5 Å². The minimum absolute atomic E-state index is 0.194. The molecule has 0 spiro atoms. The van der Waals surface area contributed by atoms with Gasteiger partial charge in [0.1, 0.15) is 12.4 Å². The van der Waals surface area contributed by atoms with Gasteiger partial charge < -0.3 is 10.1 Å². The van der Waals surface area contributed by atoms with E-state index in [9.17, 15) is 4.79 Å². The van der Waals surface area contributed by atoms with Gasteiger partial charge in [0, 0.05) is 33.6 Å². The summed E-state index contributed by atoms with van der Waals surface area (Å²) in [6.07, 6.45) is 5.23. The van der Waals surface area contributed by atoms with Crippen molar-refractivity contribution in [2.45, 2.75) is 17.0 Å². The quantitative estimate of drug-likeness (QED) is 0.614. The zero-order chi connectivity index (χ0) is 19.5. The maximum absolute atomic E-state index is 12.7. The monoisotopic (exact) mass is 409 g/mol. The molecule has 0 aliphatic carbocycles. The van der Waals surface area contributed by atoms with Gasteiger partial charge >= 0.3 is 0 Å². The number of anilines is 1. The number of halogens is 1. The van der Waals surface area contributed by atoms with Crippen molar-refractivity contribution in [1.29, 1.82) is 0 Å². The Morgan fingerprint density at radius 1 is 1.18 bits per heavy atom. The summed E-state index contributed by atoms with van der Waals surface area (Å²) in [5.41, 5.74) is 3.05. The first-order chi connectivity index (χ1) is 13.6. The fourth-order valence-electron chi connectivity index (χ4n) is 2.77. The van der Waals surface area contributed by atoms with Crippen LogP contribution in [0, 0.1) is 6.92 Å². The van der Waals surface area contributed by atoms with Crippen LogP contribution >= 0.6 is 23.4 Å². The first-order valence-electron chi connectivity index (χ1n) is 8.58. The van der Waals surface area contributed by atoms with Crippen LogP contribution in [0.3, 0.4) is 0 Å². The molecule has 5 nitrogen and oxygen atoms in total. The fraction of sp³-hybridized carbons (Fsp3) is 0.0952. The van der Waals surface area contributed by atoms with Crippen molar-refractivity contribution in [2.24, 2.45) is 0 Å². The van der Waals surface area contributed by atoms with Crippen LogP contribution in [0.1, 0.15) is 11.1 Å². The van der Waals surface area contributed by atoms with Crippen LogP contribution < -0.4 is 10.1 Å². The number of benzene rings is 2. The Bertz CT molecular complexity index is 1070. The molecule has 4 rings (SSSR count). The zero-order valence-electron chi connectivity index (χ0n) is 15.0. The van der Waals surface area contributed by atoms with Crippen LogP contribution in [0.15, 0.2) is 70.5 Å². The van der Waals surface area contributed by atoms with E-state index in [1.165, 1.54) is 11.8 Å². The number of fused-ring (bicyclic) bond motifs is 1. The largest absolute Gasteiger partial charge is 0.488 e. The Hall–Kier alpha value is -2.83.